The monoisotopic (exact) mass is 437 g/mol. The summed E-state index contributed by atoms with van der Waals surface area (Å²) in [4.78, 5) is 17.0. The van der Waals surface area contributed by atoms with E-state index in [1.54, 1.807) is 12.0 Å². The average molecular weight is 438 g/mol. The Morgan fingerprint density at radius 2 is 1.79 bits per heavy atom. The van der Waals surface area contributed by atoms with E-state index in [9.17, 15) is 13.2 Å². The van der Waals surface area contributed by atoms with E-state index in [2.05, 4.69) is 9.62 Å². The summed E-state index contributed by atoms with van der Waals surface area (Å²) in [5.74, 6) is 0.533. The maximum atomic E-state index is 13.1. The van der Waals surface area contributed by atoms with Crippen molar-refractivity contribution in [3.8, 4) is 5.75 Å². The minimum Gasteiger partial charge on any atom is -0.497 e. The Balaban J connectivity index is 1.76. The third-order valence-electron chi connectivity index (χ3n) is 4.97. The molecule has 0 saturated carbocycles. The van der Waals surface area contributed by atoms with Crippen LogP contribution in [0.4, 0.5) is 5.69 Å². The Bertz CT molecular complexity index is 980. The standard InChI is InChI=1S/C20H24ClN3O4S/c1-22-29(26,27)17-8-9-19(21)18(14-17)20(25)24-11-3-10-23(12-13-24)15-4-6-16(28-2)7-5-15/h4-9,14,22H,3,10-13H2,1-2H3. The van der Waals surface area contributed by atoms with Crippen LogP contribution in [0.1, 0.15) is 16.8 Å². The van der Waals surface area contributed by atoms with Gasteiger partial charge >= 0.3 is 0 Å². The molecule has 1 aliphatic rings. The molecule has 1 aliphatic heterocycles. The van der Waals surface area contributed by atoms with Crippen molar-refractivity contribution < 1.29 is 17.9 Å². The fourth-order valence-electron chi connectivity index (χ4n) is 3.30. The zero-order chi connectivity index (χ0) is 21.0. The van der Waals surface area contributed by atoms with E-state index >= 15 is 0 Å². The predicted molar refractivity (Wildman–Crippen MR) is 113 cm³/mol. The van der Waals surface area contributed by atoms with Gasteiger partial charge < -0.3 is 14.5 Å². The zero-order valence-corrected chi connectivity index (χ0v) is 18.0. The maximum absolute atomic E-state index is 13.1. The molecule has 1 N–H and O–H groups in total. The number of amides is 1. The van der Waals surface area contributed by atoms with Crippen molar-refractivity contribution in [2.75, 3.05) is 45.2 Å². The molecule has 1 amide bonds. The second-order valence-corrected chi connectivity index (χ2v) is 8.97. The van der Waals surface area contributed by atoms with E-state index in [0.717, 1.165) is 24.4 Å². The lowest BCUT2D eigenvalue weighted by molar-refractivity contribution is 0.0767. The molecular weight excluding hydrogens is 414 g/mol. The summed E-state index contributed by atoms with van der Waals surface area (Å²) < 4.78 is 31.6. The number of ether oxygens (including phenoxy) is 1. The van der Waals surface area contributed by atoms with Gasteiger partial charge in [-0.1, -0.05) is 11.6 Å². The Morgan fingerprint density at radius 3 is 2.45 bits per heavy atom. The van der Waals surface area contributed by atoms with Crippen LogP contribution in [0.2, 0.25) is 5.02 Å². The maximum Gasteiger partial charge on any atom is 0.255 e. The molecule has 1 saturated heterocycles. The molecule has 0 radical (unpaired) electrons. The van der Waals surface area contributed by atoms with Crippen LogP contribution in [0.15, 0.2) is 47.4 Å². The average Bonchev–Trinajstić information content (AvgIpc) is 3.00. The Morgan fingerprint density at radius 1 is 1.07 bits per heavy atom. The van der Waals surface area contributed by atoms with Crippen LogP contribution < -0.4 is 14.4 Å². The molecule has 0 spiro atoms. The minimum atomic E-state index is -3.66. The van der Waals surface area contributed by atoms with Crippen LogP contribution >= 0.6 is 11.6 Å². The van der Waals surface area contributed by atoms with E-state index in [1.807, 2.05) is 24.3 Å². The number of benzene rings is 2. The van der Waals surface area contributed by atoms with Crippen LogP contribution in [0, 0.1) is 0 Å². The number of halogens is 1. The molecule has 2 aromatic carbocycles. The SMILES string of the molecule is CNS(=O)(=O)c1ccc(Cl)c(C(=O)N2CCCN(c3ccc(OC)cc3)CC2)c1. The van der Waals surface area contributed by atoms with Crippen LogP contribution in [0.5, 0.6) is 5.75 Å². The van der Waals surface area contributed by atoms with Gasteiger partial charge in [-0.05, 0) is 55.9 Å². The van der Waals surface area contributed by atoms with E-state index in [1.165, 1.54) is 25.2 Å². The molecule has 0 atom stereocenters. The first-order valence-electron chi connectivity index (χ1n) is 9.27. The Kier molecular flexibility index (Phi) is 6.66. The van der Waals surface area contributed by atoms with Crippen LogP contribution in [-0.4, -0.2) is 59.6 Å². The van der Waals surface area contributed by atoms with Crippen molar-refractivity contribution in [3.63, 3.8) is 0 Å². The number of hydrogen-bond donors (Lipinski definition) is 1. The van der Waals surface area contributed by atoms with Crippen molar-refractivity contribution in [1.82, 2.24) is 9.62 Å². The lowest BCUT2D eigenvalue weighted by Crippen LogP contribution is -2.35. The van der Waals surface area contributed by atoms with Crippen LogP contribution in [0.3, 0.4) is 0 Å². The number of nitrogens with one attached hydrogen (secondary N) is 1. The number of methoxy groups -OCH3 is 1. The number of carbonyl (C=O) groups excluding carboxylic acids is 1. The summed E-state index contributed by atoms with van der Waals surface area (Å²) in [5.41, 5.74) is 1.26. The minimum absolute atomic E-state index is 0.0161. The molecule has 0 bridgehead atoms. The van der Waals surface area contributed by atoms with Gasteiger partial charge in [-0.3, -0.25) is 4.79 Å². The van der Waals surface area contributed by atoms with Crippen molar-refractivity contribution in [3.05, 3.63) is 53.1 Å². The lowest BCUT2D eigenvalue weighted by atomic mass is 10.2. The second-order valence-electron chi connectivity index (χ2n) is 6.68. The highest BCUT2D eigenvalue weighted by Gasteiger charge is 2.24. The van der Waals surface area contributed by atoms with Gasteiger partial charge in [0, 0.05) is 31.9 Å². The van der Waals surface area contributed by atoms with Gasteiger partial charge in [0.2, 0.25) is 10.0 Å². The van der Waals surface area contributed by atoms with Crippen molar-refractivity contribution in [2.24, 2.45) is 0 Å². The molecular formula is C20H24ClN3O4S. The van der Waals surface area contributed by atoms with Crippen molar-refractivity contribution >= 4 is 33.2 Å². The molecule has 0 aliphatic carbocycles. The number of sulfonamides is 1. The van der Waals surface area contributed by atoms with Crippen molar-refractivity contribution in [1.29, 1.82) is 0 Å². The van der Waals surface area contributed by atoms with E-state index in [-0.39, 0.29) is 21.4 Å². The molecule has 156 valence electrons. The first-order chi connectivity index (χ1) is 13.9. The van der Waals surface area contributed by atoms with Gasteiger partial charge in [-0.25, -0.2) is 13.1 Å². The zero-order valence-electron chi connectivity index (χ0n) is 16.4. The topological polar surface area (TPSA) is 79.0 Å². The molecule has 29 heavy (non-hydrogen) atoms. The summed E-state index contributed by atoms with van der Waals surface area (Å²) in [7, 11) is -0.699. The second kappa shape index (κ2) is 9.02. The van der Waals surface area contributed by atoms with Crippen molar-refractivity contribution in [2.45, 2.75) is 11.3 Å². The first-order valence-corrected chi connectivity index (χ1v) is 11.1. The fraction of sp³-hybridized carbons (Fsp3) is 0.350. The number of anilines is 1. The van der Waals surface area contributed by atoms with Gasteiger partial charge in [0.1, 0.15) is 5.75 Å². The molecule has 7 nitrogen and oxygen atoms in total. The van der Waals surface area contributed by atoms with E-state index in [4.69, 9.17) is 16.3 Å². The number of hydrogen-bond acceptors (Lipinski definition) is 5. The quantitative estimate of drug-likeness (QED) is 0.777. The third-order valence-corrected chi connectivity index (χ3v) is 6.71. The third kappa shape index (κ3) is 4.83. The summed E-state index contributed by atoms with van der Waals surface area (Å²) in [6.07, 6.45) is 0.796. The smallest absolute Gasteiger partial charge is 0.255 e. The normalized spacial score (nSPS) is 15.1. The highest BCUT2D eigenvalue weighted by molar-refractivity contribution is 7.89. The van der Waals surface area contributed by atoms with Crippen LogP contribution in [0.25, 0.3) is 0 Å². The first kappa shape index (κ1) is 21.4. The van der Waals surface area contributed by atoms with Gasteiger partial charge in [-0.2, -0.15) is 0 Å². The predicted octanol–water partition coefficient (Wildman–Crippen LogP) is 2.61. The van der Waals surface area contributed by atoms with Gasteiger partial charge in [0.15, 0.2) is 0 Å². The molecule has 9 heteroatoms. The number of carbonyl (C=O) groups is 1. The van der Waals surface area contributed by atoms with E-state index < -0.39 is 10.0 Å². The molecule has 0 unspecified atom stereocenters. The largest absolute Gasteiger partial charge is 0.497 e. The van der Waals surface area contributed by atoms with Crippen LogP contribution in [-0.2, 0) is 10.0 Å². The Labute approximate surface area is 176 Å². The highest BCUT2D eigenvalue weighted by Crippen LogP contribution is 2.24. The molecule has 0 aromatic heterocycles. The molecule has 2 aromatic rings. The van der Waals surface area contributed by atoms with Gasteiger partial charge in [-0.15, -0.1) is 0 Å². The summed E-state index contributed by atoms with van der Waals surface area (Å²) in [6, 6.07) is 12.0. The van der Waals surface area contributed by atoms with Gasteiger partial charge in [0.05, 0.1) is 22.6 Å². The Hall–Kier alpha value is -2.29. The molecule has 1 fully saturated rings. The molecule has 1 heterocycles. The highest BCUT2D eigenvalue weighted by atomic mass is 35.5. The van der Waals surface area contributed by atoms with Gasteiger partial charge in [0.25, 0.3) is 5.91 Å². The van der Waals surface area contributed by atoms with E-state index in [0.29, 0.717) is 19.6 Å². The summed E-state index contributed by atoms with van der Waals surface area (Å²) in [5, 5.41) is 0.237. The fourth-order valence-corrected chi connectivity index (χ4v) is 4.25. The number of nitrogens with zero attached hydrogens (tertiary/aromatic N) is 2. The molecule has 3 rings (SSSR count). The summed E-state index contributed by atoms with van der Waals surface area (Å²) in [6.45, 7) is 2.58. The number of rotatable bonds is 5. The lowest BCUT2D eigenvalue weighted by Gasteiger charge is -2.24. The summed E-state index contributed by atoms with van der Waals surface area (Å²) >= 11 is 6.21.